The molecule has 3 aromatic heterocycles. The third kappa shape index (κ3) is 2.65. The van der Waals surface area contributed by atoms with Crippen molar-refractivity contribution in [1.29, 1.82) is 0 Å². The van der Waals surface area contributed by atoms with Crippen LogP contribution in [0.3, 0.4) is 0 Å². The van der Waals surface area contributed by atoms with E-state index in [0.29, 0.717) is 22.4 Å². The van der Waals surface area contributed by atoms with Crippen LogP contribution in [0.15, 0.2) is 49.2 Å². The van der Waals surface area contributed by atoms with Gasteiger partial charge in [-0.05, 0) is 18.2 Å². The number of amides is 2. The number of pyridine rings is 2. The van der Waals surface area contributed by atoms with Crippen LogP contribution in [0.4, 0.5) is 22.1 Å². The van der Waals surface area contributed by atoms with Crippen LogP contribution in [0.1, 0.15) is 6.42 Å². The predicted octanol–water partition coefficient (Wildman–Crippen LogP) is 3.18. The highest BCUT2D eigenvalue weighted by molar-refractivity contribution is 6.30. The van der Waals surface area contributed by atoms with Gasteiger partial charge in [0.2, 0.25) is 0 Å². The van der Waals surface area contributed by atoms with Gasteiger partial charge >= 0.3 is 6.03 Å². The minimum absolute atomic E-state index is 0.0306. The van der Waals surface area contributed by atoms with Gasteiger partial charge in [0.1, 0.15) is 6.17 Å². The zero-order valence-corrected chi connectivity index (χ0v) is 14.8. The topological polar surface area (TPSA) is 87.1 Å². The monoisotopic (exact) mass is 379 g/mol. The molecule has 2 amide bonds. The molecule has 2 aliphatic heterocycles. The number of nitrogens with one attached hydrogen (secondary N) is 1. The second-order valence-corrected chi connectivity index (χ2v) is 6.72. The van der Waals surface area contributed by atoms with E-state index in [4.69, 9.17) is 16.6 Å². The van der Waals surface area contributed by atoms with Crippen LogP contribution in [0.25, 0.3) is 11.3 Å². The Morgan fingerprint density at radius 2 is 2.11 bits per heavy atom. The molecule has 1 saturated heterocycles. The molecule has 1 N–H and O–H groups in total. The number of halogens is 1. The zero-order chi connectivity index (χ0) is 18.4. The summed E-state index contributed by atoms with van der Waals surface area (Å²) in [5.74, 6) is 1.02. The molecular weight excluding hydrogens is 366 g/mol. The first-order valence-corrected chi connectivity index (χ1v) is 8.83. The van der Waals surface area contributed by atoms with Crippen molar-refractivity contribution in [2.75, 3.05) is 21.7 Å². The van der Waals surface area contributed by atoms with Gasteiger partial charge in [0, 0.05) is 43.3 Å². The van der Waals surface area contributed by atoms with Crippen LogP contribution in [0, 0.1) is 0 Å². The number of urea groups is 1. The average molecular weight is 380 g/mol. The Bertz CT molecular complexity index is 1030. The number of anilines is 3. The van der Waals surface area contributed by atoms with E-state index in [1.54, 1.807) is 29.6 Å². The lowest BCUT2D eigenvalue weighted by Crippen LogP contribution is -2.56. The van der Waals surface area contributed by atoms with Gasteiger partial charge < -0.3 is 4.90 Å². The van der Waals surface area contributed by atoms with Crippen LogP contribution in [0.5, 0.6) is 0 Å². The van der Waals surface area contributed by atoms with Crippen molar-refractivity contribution < 1.29 is 4.79 Å². The van der Waals surface area contributed by atoms with E-state index in [-0.39, 0.29) is 12.2 Å². The first kappa shape index (κ1) is 16.0. The van der Waals surface area contributed by atoms with Crippen LogP contribution >= 0.6 is 11.6 Å². The van der Waals surface area contributed by atoms with E-state index in [9.17, 15) is 4.79 Å². The lowest BCUT2D eigenvalue weighted by atomic mass is 10.1. The van der Waals surface area contributed by atoms with Crippen molar-refractivity contribution in [3.05, 3.63) is 54.2 Å². The number of rotatable bonds is 2. The lowest BCUT2D eigenvalue weighted by Gasteiger charge is -2.39. The fraction of sp³-hybridized carbons (Fsp3) is 0.167. The third-order valence-corrected chi connectivity index (χ3v) is 4.90. The number of hydrogen-bond donors (Lipinski definition) is 1. The Morgan fingerprint density at radius 1 is 1.19 bits per heavy atom. The minimum Gasteiger partial charge on any atom is -0.347 e. The first-order chi connectivity index (χ1) is 13.2. The fourth-order valence-corrected chi connectivity index (χ4v) is 3.56. The summed E-state index contributed by atoms with van der Waals surface area (Å²) in [5, 5.41) is 3.33. The molecule has 5 heterocycles. The number of carbonyl (C=O) groups is 1. The number of aromatic nitrogens is 4. The van der Waals surface area contributed by atoms with Crippen molar-refractivity contribution in [2.24, 2.45) is 0 Å². The number of nitrogens with zero attached hydrogens (tertiary/aromatic N) is 6. The summed E-state index contributed by atoms with van der Waals surface area (Å²) < 4.78 is 0. The molecule has 2 aliphatic rings. The third-order valence-electron chi connectivity index (χ3n) is 4.70. The summed E-state index contributed by atoms with van der Waals surface area (Å²) in [7, 11) is 0. The Balaban J connectivity index is 1.52. The van der Waals surface area contributed by atoms with Crippen LogP contribution < -0.4 is 15.1 Å². The number of carbonyl (C=O) groups excluding carboxylic acids is 1. The summed E-state index contributed by atoms with van der Waals surface area (Å²) in [6, 6.07) is 5.43. The smallest absolute Gasteiger partial charge is 0.330 e. The molecule has 0 aliphatic carbocycles. The maximum Gasteiger partial charge on any atom is 0.330 e. The second-order valence-electron chi connectivity index (χ2n) is 6.28. The average Bonchev–Trinajstić information content (AvgIpc) is 2.88. The van der Waals surface area contributed by atoms with E-state index < -0.39 is 0 Å². The Labute approximate surface area is 159 Å². The van der Waals surface area contributed by atoms with Crippen molar-refractivity contribution in [1.82, 2.24) is 19.9 Å². The molecule has 9 heteroatoms. The Morgan fingerprint density at radius 3 is 2.85 bits per heavy atom. The SMILES string of the molecule is O=C(Nc1cnccn1)N1c2nc(-c3cncc(Cl)c3)ccc2N2CCC21. The molecule has 134 valence electrons. The molecule has 0 spiro atoms. The molecule has 0 saturated carbocycles. The predicted molar refractivity (Wildman–Crippen MR) is 102 cm³/mol. The van der Waals surface area contributed by atoms with Gasteiger partial charge in [0.25, 0.3) is 0 Å². The van der Waals surface area contributed by atoms with Gasteiger partial charge in [0.15, 0.2) is 11.6 Å². The molecule has 1 unspecified atom stereocenters. The molecule has 0 aromatic carbocycles. The highest BCUT2D eigenvalue weighted by Gasteiger charge is 2.46. The highest BCUT2D eigenvalue weighted by atomic mass is 35.5. The maximum absolute atomic E-state index is 12.9. The van der Waals surface area contributed by atoms with Crippen LogP contribution in [-0.4, -0.2) is 38.7 Å². The second kappa shape index (κ2) is 6.17. The molecule has 1 atom stereocenters. The van der Waals surface area contributed by atoms with Crippen molar-refractivity contribution in [3.8, 4) is 11.3 Å². The van der Waals surface area contributed by atoms with E-state index in [1.165, 1.54) is 12.4 Å². The normalized spacial score (nSPS) is 17.1. The van der Waals surface area contributed by atoms with E-state index >= 15 is 0 Å². The van der Waals surface area contributed by atoms with Gasteiger partial charge in [0.05, 0.1) is 22.6 Å². The van der Waals surface area contributed by atoms with Gasteiger partial charge in [-0.2, -0.15) is 0 Å². The summed E-state index contributed by atoms with van der Waals surface area (Å²) in [5.41, 5.74) is 2.46. The first-order valence-electron chi connectivity index (χ1n) is 8.45. The van der Waals surface area contributed by atoms with Gasteiger partial charge in [-0.25, -0.2) is 14.8 Å². The largest absolute Gasteiger partial charge is 0.347 e. The molecule has 0 radical (unpaired) electrons. The fourth-order valence-electron chi connectivity index (χ4n) is 3.38. The zero-order valence-electron chi connectivity index (χ0n) is 14.1. The molecule has 27 heavy (non-hydrogen) atoms. The summed E-state index contributed by atoms with van der Waals surface area (Å²) in [6.45, 7) is 0.895. The summed E-state index contributed by atoms with van der Waals surface area (Å²) in [4.78, 5) is 33.7. The molecular formula is C18H14ClN7O. The van der Waals surface area contributed by atoms with E-state index in [1.807, 2.05) is 12.1 Å². The lowest BCUT2D eigenvalue weighted by molar-refractivity contribution is 0.252. The molecule has 5 rings (SSSR count). The number of hydrogen-bond acceptors (Lipinski definition) is 6. The van der Waals surface area contributed by atoms with Crippen molar-refractivity contribution in [3.63, 3.8) is 0 Å². The standard InChI is InChI=1S/C18H14ClN7O/c19-12-7-11(8-21-9-12)13-1-2-14-17(23-13)26(16-3-6-25(14)16)18(27)24-15-10-20-4-5-22-15/h1-2,4-5,7-10,16H,3,6H2,(H,22,24,27). The Hall–Kier alpha value is -3.26. The van der Waals surface area contributed by atoms with E-state index in [0.717, 1.165) is 24.2 Å². The number of fused-ring (bicyclic) bond motifs is 3. The highest BCUT2D eigenvalue weighted by Crippen LogP contribution is 2.45. The van der Waals surface area contributed by atoms with Crippen LogP contribution in [0.2, 0.25) is 5.02 Å². The van der Waals surface area contributed by atoms with Gasteiger partial charge in [-0.3, -0.25) is 20.2 Å². The van der Waals surface area contributed by atoms with E-state index in [2.05, 4.69) is 25.2 Å². The molecule has 1 fully saturated rings. The summed E-state index contributed by atoms with van der Waals surface area (Å²) >= 11 is 6.05. The van der Waals surface area contributed by atoms with Gasteiger partial charge in [-0.15, -0.1) is 0 Å². The van der Waals surface area contributed by atoms with Crippen molar-refractivity contribution >= 4 is 35.0 Å². The molecule has 3 aromatic rings. The van der Waals surface area contributed by atoms with Crippen molar-refractivity contribution in [2.45, 2.75) is 12.6 Å². The summed E-state index contributed by atoms with van der Waals surface area (Å²) in [6.07, 6.45) is 8.73. The quantitative estimate of drug-likeness (QED) is 0.735. The van der Waals surface area contributed by atoms with Gasteiger partial charge in [-0.1, -0.05) is 11.6 Å². The minimum atomic E-state index is -0.280. The molecule has 8 nitrogen and oxygen atoms in total. The van der Waals surface area contributed by atoms with Crippen LogP contribution in [-0.2, 0) is 0 Å². The molecule has 0 bridgehead atoms. The Kier molecular flexibility index (Phi) is 3.64. The maximum atomic E-state index is 12.9.